The van der Waals surface area contributed by atoms with Crippen LogP contribution in [0.15, 0.2) is 95.4 Å². The Hall–Kier alpha value is -4.56. The van der Waals surface area contributed by atoms with E-state index < -0.39 is 0 Å². The first-order chi connectivity index (χ1) is 21.8. The molecule has 7 nitrogen and oxygen atoms in total. The van der Waals surface area contributed by atoms with Crippen molar-refractivity contribution in [1.82, 2.24) is 0 Å². The third kappa shape index (κ3) is 4.83. The summed E-state index contributed by atoms with van der Waals surface area (Å²) in [5, 5.41) is 5.25. The second kappa shape index (κ2) is 10.6. The molecule has 6 aromatic rings. The van der Waals surface area contributed by atoms with Gasteiger partial charge in [0, 0.05) is 32.8 Å². The maximum atomic E-state index is 6.97. The first-order valence-electron chi connectivity index (χ1n) is 15.1. The maximum absolute atomic E-state index is 6.97. The van der Waals surface area contributed by atoms with Gasteiger partial charge in [-0.25, -0.2) is 0 Å². The average molecular weight is 587 g/mol. The van der Waals surface area contributed by atoms with E-state index in [0.717, 1.165) is 92.0 Å². The summed E-state index contributed by atoms with van der Waals surface area (Å²) in [6.45, 7) is 3.83. The van der Waals surface area contributed by atoms with Crippen molar-refractivity contribution in [3.63, 3.8) is 0 Å². The minimum atomic E-state index is 0.140. The molecule has 4 heterocycles. The van der Waals surface area contributed by atoms with Crippen LogP contribution in [0.5, 0.6) is 17.2 Å². The van der Waals surface area contributed by atoms with Gasteiger partial charge >= 0.3 is 0 Å². The van der Waals surface area contributed by atoms with Crippen LogP contribution in [0.3, 0.4) is 0 Å². The first kappa shape index (κ1) is 25.9. The molecule has 0 N–H and O–H groups in total. The first-order valence-corrected chi connectivity index (χ1v) is 15.1. The lowest BCUT2D eigenvalue weighted by atomic mass is 9.92. The Bertz CT molecular complexity index is 2000. The Morgan fingerprint density at radius 1 is 0.545 bits per heavy atom. The minimum absolute atomic E-state index is 0.140. The third-order valence-electron chi connectivity index (χ3n) is 8.41. The molecule has 3 aliphatic heterocycles. The Morgan fingerprint density at radius 3 is 1.82 bits per heavy atom. The van der Waals surface area contributed by atoms with Crippen LogP contribution in [-0.2, 0) is 14.2 Å². The van der Waals surface area contributed by atoms with Gasteiger partial charge in [0.25, 0.3) is 0 Å². The van der Waals surface area contributed by atoms with Crippen molar-refractivity contribution < 1.29 is 32.8 Å². The van der Waals surface area contributed by atoms with E-state index in [1.807, 2.05) is 42.5 Å². The standard InChI is InChI=1S/C37H30O7/c1-2-7-28-27(6-1)33-30(9-5-11-32(33)43-21-26-19-41-26)37-34(28)35(29-8-3-4-10-31(29)42-20-25-18-40-25)36(44-37)22-12-14-23(15-13-22)38-16-24-17-39-24/h1-15,24-26H,16-21H2. The summed E-state index contributed by atoms with van der Waals surface area (Å²) < 4.78 is 41.8. The van der Waals surface area contributed by atoms with Crippen molar-refractivity contribution in [2.45, 2.75) is 18.3 Å². The van der Waals surface area contributed by atoms with Gasteiger partial charge in [-0.15, -0.1) is 0 Å². The summed E-state index contributed by atoms with van der Waals surface area (Å²) in [6, 6.07) is 30.9. The number of para-hydroxylation sites is 1. The van der Waals surface area contributed by atoms with Crippen molar-refractivity contribution in [3.8, 4) is 39.7 Å². The molecule has 9 rings (SSSR count). The molecule has 3 saturated heterocycles. The van der Waals surface area contributed by atoms with Crippen LogP contribution in [0.1, 0.15) is 0 Å². The predicted molar refractivity (Wildman–Crippen MR) is 168 cm³/mol. The maximum Gasteiger partial charge on any atom is 0.144 e. The Labute approximate surface area is 253 Å². The molecule has 220 valence electrons. The number of fused-ring (bicyclic) bond motifs is 6. The molecule has 0 amide bonds. The Kier molecular flexibility index (Phi) is 6.21. The molecule has 5 aromatic carbocycles. The van der Waals surface area contributed by atoms with Crippen molar-refractivity contribution in [2.24, 2.45) is 0 Å². The molecular weight excluding hydrogens is 556 g/mol. The topological polar surface area (TPSA) is 78.4 Å². The fourth-order valence-electron chi connectivity index (χ4n) is 5.92. The molecule has 7 heteroatoms. The lowest BCUT2D eigenvalue weighted by Crippen LogP contribution is -2.05. The lowest BCUT2D eigenvalue weighted by molar-refractivity contribution is 0.263. The van der Waals surface area contributed by atoms with Gasteiger partial charge in [0.1, 0.15) is 66.7 Å². The van der Waals surface area contributed by atoms with Crippen molar-refractivity contribution in [2.75, 3.05) is 39.6 Å². The van der Waals surface area contributed by atoms with Gasteiger partial charge in [0.05, 0.1) is 19.8 Å². The SMILES string of the molecule is c1ccc(-c2c(-c3ccc(OCC4CO4)cc3)oc3c4cccc(OCC5CO5)c4c4ccccc4c23)c(OCC2CO2)c1. The summed E-state index contributed by atoms with van der Waals surface area (Å²) in [6.07, 6.45) is 0.492. The predicted octanol–water partition coefficient (Wildman–Crippen LogP) is 7.41. The smallest absolute Gasteiger partial charge is 0.144 e. The fraction of sp³-hybridized carbons (Fsp3) is 0.243. The molecule has 0 spiro atoms. The Morgan fingerprint density at radius 2 is 1.11 bits per heavy atom. The molecule has 3 aliphatic rings. The lowest BCUT2D eigenvalue weighted by Gasteiger charge is -2.14. The fourth-order valence-corrected chi connectivity index (χ4v) is 5.92. The van der Waals surface area contributed by atoms with Crippen molar-refractivity contribution in [3.05, 3.63) is 91.0 Å². The van der Waals surface area contributed by atoms with Crippen molar-refractivity contribution >= 4 is 32.5 Å². The van der Waals surface area contributed by atoms with Crippen LogP contribution in [0.25, 0.3) is 55.0 Å². The van der Waals surface area contributed by atoms with Crippen molar-refractivity contribution in [1.29, 1.82) is 0 Å². The molecular formula is C37H30O7. The highest BCUT2D eigenvalue weighted by Gasteiger charge is 2.29. The monoisotopic (exact) mass is 586 g/mol. The molecule has 44 heavy (non-hydrogen) atoms. The van der Waals surface area contributed by atoms with Crippen LogP contribution in [0.2, 0.25) is 0 Å². The van der Waals surface area contributed by atoms with Crippen LogP contribution in [0, 0.1) is 0 Å². The number of rotatable bonds is 11. The molecule has 0 radical (unpaired) electrons. The van der Waals surface area contributed by atoms with E-state index in [1.54, 1.807) is 0 Å². The van der Waals surface area contributed by atoms with Gasteiger partial charge < -0.3 is 32.8 Å². The van der Waals surface area contributed by atoms with Gasteiger partial charge in [0.15, 0.2) is 0 Å². The molecule has 0 aliphatic carbocycles. The summed E-state index contributed by atoms with van der Waals surface area (Å²) in [5.41, 5.74) is 3.71. The van der Waals surface area contributed by atoms with Gasteiger partial charge in [-0.1, -0.05) is 54.6 Å². The third-order valence-corrected chi connectivity index (χ3v) is 8.41. The van der Waals surface area contributed by atoms with Gasteiger partial charge in [0.2, 0.25) is 0 Å². The second-order valence-corrected chi connectivity index (χ2v) is 11.6. The number of hydrogen-bond donors (Lipinski definition) is 0. The number of furan rings is 1. The summed E-state index contributed by atoms with van der Waals surface area (Å²) >= 11 is 0. The molecule has 3 fully saturated rings. The van der Waals surface area contributed by atoms with E-state index in [0.29, 0.717) is 19.8 Å². The molecule has 0 saturated carbocycles. The molecule has 0 bridgehead atoms. The molecule has 3 unspecified atom stereocenters. The molecule has 1 aromatic heterocycles. The quantitative estimate of drug-likeness (QED) is 0.116. The number of benzene rings is 5. The van der Waals surface area contributed by atoms with E-state index in [4.69, 9.17) is 32.8 Å². The second-order valence-electron chi connectivity index (χ2n) is 11.6. The molecule has 3 atom stereocenters. The summed E-state index contributed by atoms with van der Waals surface area (Å²) in [4.78, 5) is 0. The minimum Gasteiger partial charge on any atom is -0.491 e. The van der Waals surface area contributed by atoms with E-state index in [2.05, 4.69) is 48.5 Å². The normalized spacial score (nSPS) is 20.2. The van der Waals surface area contributed by atoms with Gasteiger partial charge in [-0.2, -0.15) is 0 Å². The number of epoxide rings is 3. The van der Waals surface area contributed by atoms with E-state index in [1.165, 1.54) is 0 Å². The zero-order valence-corrected chi connectivity index (χ0v) is 24.0. The van der Waals surface area contributed by atoms with Crippen LogP contribution in [0.4, 0.5) is 0 Å². The number of ether oxygens (including phenoxy) is 6. The van der Waals surface area contributed by atoms with Gasteiger partial charge in [-0.05, 0) is 47.2 Å². The van der Waals surface area contributed by atoms with Crippen LogP contribution >= 0.6 is 0 Å². The zero-order valence-electron chi connectivity index (χ0n) is 24.0. The summed E-state index contributed by atoms with van der Waals surface area (Å²) in [5.74, 6) is 3.19. The summed E-state index contributed by atoms with van der Waals surface area (Å²) in [7, 11) is 0. The van der Waals surface area contributed by atoms with E-state index in [9.17, 15) is 0 Å². The Balaban J connectivity index is 1.28. The average Bonchev–Trinajstić information content (AvgIpc) is 3.94. The largest absolute Gasteiger partial charge is 0.491 e. The number of hydrogen-bond acceptors (Lipinski definition) is 7. The highest BCUT2D eigenvalue weighted by Crippen LogP contribution is 2.50. The van der Waals surface area contributed by atoms with E-state index in [-0.39, 0.29) is 18.3 Å². The van der Waals surface area contributed by atoms with E-state index >= 15 is 0 Å². The highest BCUT2D eigenvalue weighted by molar-refractivity contribution is 6.29. The zero-order chi connectivity index (χ0) is 29.0. The van der Waals surface area contributed by atoms with Crippen LogP contribution < -0.4 is 14.2 Å². The van der Waals surface area contributed by atoms with Crippen LogP contribution in [-0.4, -0.2) is 58.0 Å². The van der Waals surface area contributed by atoms with Gasteiger partial charge in [-0.3, -0.25) is 0 Å². The highest BCUT2D eigenvalue weighted by atomic mass is 16.6.